The number of hydrogen-bond donors (Lipinski definition) is 3. The number of rotatable bonds is 7. The SMILES string of the molecule is CSC(S)SC(S)CCSCS. The lowest BCUT2D eigenvalue weighted by molar-refractivity contribution is 1.08. The first-order valence-corrected chi connectivity index (χ1v) is 8.48. The third kappa shape index (κ3) is 8.69. The molecular formula is C6H14S6. The summed E-state index contributed by atoms with van der Waals surface area (Å²) in [5.74, 6) is 1.14. The maximum atomic E-state index is 4.46. The second-order valence-corrected chi connectivity index (χ2v) is 8.55. The third-order valence-corrected chi connectivity index (χ3v) is 6.05. The Kier molecular flexibility index (Phi) is 11.3. The summed E-state index contributed by atoms with van der Waals surface area (Å²) in [5.41, 5.74) is 0. The van der Waals surface area contributed by atoms with Crippen LogP contribution < -0.4 is 0 Å². The van der Waals surface area contributed by atoms with Crippen molar-refractivity contribution in [3.8, 4) is 0 Å². The van der Waals surface area contributed by atoms with Crippen molar-refractivity contribution in [1.82, 2.24) is 0 Å². The van der Waals surface area contributed by atoms with E-state index in [0.29, 0.717) is 8.50 Å². The van der Waals surface area contributed by atoms with E-state index in [1.807, 2.05) is 11.8 Å². The molecule has 0 aromatic rings. The highest BCUT2D eigenvalue weighted by atomic mass is 32.3. The average molecular weight is 279 g/mol. The fraction of sp³-hybridized carbons (Fsp3) is 1.00. The van der Waals surface area contributed by atoms with Crippen LogP contribution in [0, 0.1) is 0 Å². The fourth-order valence-electron chi connectivity index (χ4n) is 0.507. The second kappa shape index (κ2) is 9.65. The smallest absolute Gasteiger partial charge is 0.0935 e. The molecule has 0 saturated heterocycles. The van der Waals surface area contributed by atoms with E-state index in [9.17, 15) is 0 Å². The predicted octanol–water partition coefficient (Wildman–Crippen LogP) is 3.56. The van der Waals surface area contributed by atoms with Crippen LogP contribution in [0.4, 0.5) is 0 Å². The van der Waals surface area contributed by atoms with Crippen molar-refractivity contribution in [2.75, 3.05) is 17.1 Å². The van der Waals surface area contributed by atoms with E-state index in [4.69, 9.17) is 0 Å². The molecule has 0 aliphatic heterocycles. The minimum Gasteiger partial charge on any atom is -0.168 e. The maximum absolute atomic E-state index is 4.46. The molecule has 6 heteroatoms. The first kappa shape index (κ1) is 14.1. The summed E-state index contributed by atoms with van der Waals surface area (Å²) in [7, 11) is 0. The fourth-order valence-corrected chi connectivity index (χ4v) is 4.59. The predicted molar refractivity (Wildman–Crippen MR) is 77.6 cm³/mol. The lowest BCUT2D eigenvalue weighted by atomic mass is 10.6. The van der Waals surface area contributed by atoms with Crippen molar-refractivity contribution in [2.45, 2.75) is 14.9 Å². The molecule has 0 bridgehead atoms. The molecule has 0 aromatic heterocycles. The van der Waals surface area contributed by atoms with Crippen molar-refractivity contribution in [1.29, 1.82) is 0 Å². The van der Waals surface area contributed by atoms with Gasteiger partial charge in [0.1, 0.15) is 0 Å². The van der Waals surface area contributed by atoms with Crippen molar-refractivity contribution in [3.05, 3.63) is 0 Å². The second-order valence-electron chi connectivity index (χ2n) is 1.96. The van der Waals surface area contributed by atoms with Gasteiger partial charge in [-0.05, 0) is 18.4 Å². The van der Waals surface area contributed by atoms with E-state index in [-0.39, 0.29) is 0 Å². The molecule has 0 nitrogen and oxygen atoms in total. The van der Waals surface area contributed by atoms with Crippen LogP contribution in [-0.4, -0.2) is 25.6 Å². The van der Waals surface area contributed by atoms with Crippen LogP contribution in [0.5, 0.6) is 0 Å². The topological polar surface area (TPSA) is 0 Å². The molecule has 2 unspecified atom stereocenters. The van der Waals surface area contributed by atoms with Crippen molar-refractivity contribution < 1.29 is 0 Å². The quantitative estimate of drug-likeness (QED) is 0.370. The van der Waals surface area contributed by atoms with Gasteiger partial charge in [0.05, 0.1) is 3.91 Å². The van der Waals surface area contributed by atoms with Gasteiger partial charge in [0.25, 0.3) is 0 Å². The van der Waals surface area contributed by atoms with Crippen molar-refractivity contribution >= 4 is 73.2 Å². The zero-order valence-electron chi connectivity index (χ0n) is 6.84. The first-order valence-electron chi connectivity index (χ1n) is 3.43. The highest BCUT2D eigenvalue weighted by Crippen LogP contribution is 2.32. The Labute approximate surface area is 104 Å². The molecule has 0 aliphatic carbocycles. The lowest BCUT2D eigenvalue weighted by Gasteiger charge is -2.13. The summed E-state index contributed by atoms with van der Waals surface area (Å²) < 4.78 is 0.765. The Morgan fingerprint density at radius 2 is 2.00 bits per heavy atom. The molecule has 74 valence electrons. The van der Waals surface area contributed by atoms with Gasteiger partial charge in [0.2, 0.25) is 0 Å². The average Bonchev–Trinajstić information content (AvgIpc) is 2.05. The van der Waals surface area contributed by atoms with Gasteiger partial charge in [0, 0.05) is 9.67 Å². The van der Waals surface area contributed by atoms with Crippen LogP contribution in [-0.2, 0) is 0 Å². The van der Waals surface area contributed by atoms with Gasteiger partial charge < -0.3 is 0 Å². The van der Waals surface area contributed by atoms with Gasteiger partial charge >= 0.3 is 0 Å². The molecule has 0 aromatic carbocycles. The highest BCUT2D eigenvalue weighted by molar-refractivity contribution is 8.30. The third-order valence-electron chi connectivity index (χ3n) is 1.08. The van der Waals surface area contributed by atoms with E-state index >= 15 is 0 Å². The molecule has 0 aliphatic rings. The molecule has 0 spiro atoms. The van der Waals surface area contributed by atoms with E-state index in [1.165, 1.54) is 0 Å². The summed E-state index contributed by atoms with van der Waals surface area (Å²) in [5, 5.41) is 0.901. The first-order chi connectivity index (χ1) is 5.70. The number of thiol groups is 3. The van der Waals surface area contributed by atoms with Crippen LogP contribution in [0.2, 0.25) is 0 Å². The summed E-state index contributed by atoms with van der Waals surface area (Å²) in [4.78, 5) is 0. The zero-order chi connectivity index (χ0) is 9.40. The Morgan fingerprint density at radius 3 is 2.50 bits per heavy atom. The van der Waals surface area contributed by atoms with Gasteiger partial charge in [-0.3, -0.25) is 0 Å². The number of thioether (sulfide) groups is 3. The minimum absolute atomic E-state index is 0.355. The van der Waals surface area contributed by atoms with Crippen LogP contribution in [0.3, 0.4) is 0 Å². The molecule has 0 N–H and O–H groups in total. The van der Waals surface area contributed by atoms with Crippen LogP contribution in [0.25, 0.3) is 0 Å². The van der Waals surface area contributed by atoms with Crippen LogP contribution in [0.1, 0.15) is 6.42 Å². The Hall–Kier alpha value is 2.10. The van der Waals surface area contributed by atoms with Crippen molar-refractivity contribution in [2.24, 2.45) is 0 Å². The Balaban J connectivity index is 3.26. The molecule has 0 amide bonds. The monoisotopic (exact) mass is 278 g/mol. The molecule has 0 saturated carbocycles. The summed E-state index contributed by atoms with van der Waals surface area (Å²) >= 11 is 18.3. The summed E-state index contributed by atoms with van der Waals surface area (Å²) in [6.07, 6.45) is 3.18. The van der Waals surface area contributed by atoms with Gasteiger partial charge in [-0.15, -0.1) is 23.5 Å². The molecule has 0 heterocycles. The standard InChI is InChI=1S/C6H14S6/c1-10-6(9)12-5(8)2-3-11-4-7/h5-9H,2-4H2,1H3. The summed E-state index contributed by atoms with van der Waals surface area (Å²) in [6.45, 7) is 0. The highest BCUT2D eigenvalue weighted by Gasteiger charge is 2.08. The lowest BCUT2D eigenvalue weighted by Crippen LogP contribution is -1.98. The molecule has 0 rings (SSSR count). The van der Waals surface area contributed by atoms with E-state index < -0.39 is 0 Å². The largest absolute Gasteiger partial charge is 0.168 e. The van der Waals surface area contributed by atoms with Crippen LogP contribution >= 0.6 is 73.2 Å². The molecular weight excluding hydrogens is 264 g/mol. The molecule has 12 heavy (non-hydrogen) atoms. The van der Waals surface area contributed by atoms with Crippen LogP contribution in [0.15, 0.2) is 0 Å². The van der Waals surface area contributed by atoms with E-state index in [1.54, 1.807) is 23.5 Å². The molecule has 2 atom stereocenters. The van der Waals surface area contributed by atoms with E-state index in [2.05, 4.69) is 44.1 Å². The van der Waals surface area contributed by atoms with Gasteiger partial charge in [0.15, 0.2) is 0 Å². The van der Waals surface area contributed by atoms with Gasteiger partial charge in [-0.2, -0.15) is 49.6 Å². The zero-order valence-corrected chi connectivity index (χ0v) is 12.0. The summed E-state index contributed by atoms with van der Waals surface area (Å²) in [6, 6.07) is 0. The Morgan fingerprint density at radius 1 is 1.33 bits per heavy atom. The minimum atomic E-state index is 0.355. The van der Waals surface area contributed by atoms with Crippen molar-refractivity contribution in [3.63, 3.8) is 0 Å². The number of hydrogen-bond acceptors (Lipinski definition) is 6. The van der Waals surface area contributed by atoms with Gasteiger partial charge in [-0.25, -0.2) is 0 Å². The Bertz CT molecular complexity index is 98.0. The molecule has 0 radical (unpaired) electrons. The maximum Gasteiger partial charge on any atom is 0.0935 e. The normalized spacial score (nSPS) is 16.0. The van der Waals surface area contributed by atoms with E-state index in [0.717, 1.165) is 17.3 Å². The van der Waals surface area contributed by atoms with Gasteiger partial charge in [-0.1, -0.05) is 0 Å². The molecule has 0 fully saturated rings.